The highest BCUT2D eigenvalue weighted by Gasteiger charge is 2.16. The maximum Gasteiger partial charge on any atom is 0.266 e. The van der Waals surface area contributed by atoms with E-state index in [2.05, 4.69) is 5.10 Å². The standard InChI is InChI=1S/C17H13N3O3S/c1-19-10-14-16(18-19)13-9-12(24(22)23)7-8-15(13)20(17(14)21)11-5-3-2-4-6-11/h2-10H,1H3,(H,22,23). The van der Waals surface area contributed by atoms with E-state index < -0.39 is 11.1 Å². The molecule has 4 aromatic rings. The first-order valence-electron chi connectivity index (χ1n) is 7.24. The number of aryl methyl sites for hydroxylation is 1. The minimum Gasteiger partial charge on any atom is -0.302 e. The van der Waals surface area contributed by atoms with Crippen molar-refractivity contribution in [3.05, 3.63) is 65.1 Å². The molecule has 1 atom stereocenters. The second-order valence-corrected chi connectivity index (χ2v) is 6.44. The molecule has 0 saturated heterocycles. The van der Waals surface area contributed by atoms with Crippen molar-refractivity contribution in [3.63, 3.8) is 0 Å². The minimum atomic E-state index is -2.10. The number of fused-ring (bicyclic) bond motifs is 3. The van der Waals surface area contributed by atoms with Crippen molar-refractivity contribution < 1.29 is 8.76 Å². The zero-order valence-electron chi connectivity index (χ0n) is 12.7. The molecule has 2 aromatic carbocycles. The zero-order valence-corrected chi connectivity index (χ0v) is 13.5. The number of rotatable bonds is 2. The second-order valence-electron chi connectivity index (χ2n) is 5.47. The van der Waals surface area contributed by atoms with Crippen LogP contribution in [-0.2, 0) is 18.1 Å². The monoisotopic (exact) mass is 339 g/mol. The predicted octanol–water partition coefficient (Wildman–Crippen LogP) is 2.46. The molecular formula is C17H13N3O3S. The first-order valence-corrected chi connectivity index (χ1v) is 8.35. The fourth-order valence-electron chi connectivity index (χ4n) is 2.92. The van der Waals surface area contributed by atoms with Gasteiger partial charge in [-0.1, -0.05) is 18.2 Å². The number of hydrogen-bond acceptors (Lipinski definition) is 3. The van der Waals surface area contributed by atoms with Crippen molar-refractivity contribution in [1.82, 2.24) is 14.3 Å². The normalized spacial score (nSPS) is 12.8. The van der Waals surface area contributed by atoms with Crippen LogP contribution in [0.3, 0.4) is 0 Å². The molecule has 24 heavy (non-hydrogen) atoms. The van der Waals surface area contributed by atoms with Gasteiger partial charge in [-0.15, -0.1) is 0 Å². The molecule has 0 saturated carbocycles. The van der Waals surface area contributed by atoms with E-state index in [4.69, 9.17) is 0 Å². The van der Waals surface area contributed by atoms with Gasteiger partial charge in [0.25, 0.3) is 5.56 Å². The maximum atomic E-state index is 13.0. The summed E-state index contributed by atoms with van der Waals surface area (Å²) in [5.41, 5.74) is 1.73. The number of pyridine rings is 1. The molecule has 0 bridgehead atoms. The lowest BCUT2D eigenvalue weighted by atomic mass is 10.1. The van der Waals surface area contributed by atoms with E-state index in [9.17, 15) is 13.6 Å². The van der Waals surface area contributed by atoms with Crippen LogP contribution in [0.5, 0.6) is 0 Å². The lowest BCUT2D eigenvalue weighted by Gasteiger charge is -2.11. The number of nitrogens with zero attached hydrogens (tertiary/aromatic N) is 3. The Labute approximate surface area is 139 Å². The van der Waals surface area contributed by atoms with Crippen molar-refractivity contribution in [2.75, 3.05) is 0 Å². The van der Waals surface area contributed by atoms with Gasteiger partial charge in [0.1, 0.15) is 5.52 Å². The zero-order chi connectivity index (χ0) is 16.8. The van der Waals surface area contributed by atoms with Crippen LogP contribution in [-0.4, -0.2) is 23.1 Å². The molecule has 2 aromatic heterocycles. The number of para-hydroxylation sites is 1. The van der Waals surface area contributed by atoms with Crippen molar-refractivity contribution in [3.8, 4) is 5.69 Å². The summed E-state index contributed by atoms with van der Waals surface area (Å²) in [5, 5.41) is 5.49. The molecule has 6 nitrogen and oxygen atoms in total. The second kappa shape index (κ2) is 5.40. The Morgan fingerprint density at radius 3 is 2.54 bits per heavy atom. The van der Waals surface area contributed by atoms with Crippen LogP contribution in [0, 0.1) is 0 Å². The van der Waals surface area contributed by atoms with Gasteiger partial charge in [0.05, 0.1) is 15.8 Å². The first-order chi connectivity index (χ1) is 11.6. The van der Waals surface area contributed by atoms with E-state index in [1.54, 1.807) is 40.7 Å². The van der Waals surface area contributed by atoms with Crippen LogP contribution in [0.2, 0.25) is 0 Å². The van der Waals surface area contributed by atoms with Crippen LogP contribution >= 0.6 is 0 Å². The van der Waals surface area contributed by atoms with Crippen molar-refractivity contribution in [1.29, 1.82) is 0 Å². The molecule has 0 aliphatic carbocycles. The molecule has 0 amide bonds. The fourth-order valence-corrected chi connectivity index (χ4v) is 3.32. The largest absolute Gasteiger partial charge is 0.302 e. The van der Waals surface area contributed by atoms with Crippen LogP contribution in [0.15, 0.2) is 64.4 Å². The van der Waals surface area contributed by atoms with E-state index in [0.29, 0.717) is 21.8 Å². The minimum absolute atomic E-state index is 0.172. The van der Waals surface area contributed by atoms with Gasteiger partial charge >= 0.3 is 0 Å². The summed E-state index contributed by atoms with van der Waals surface area (Å²) in [5.74, 6) is 0. The van der Waals surface area contributed by atoms with E-state index in [0.717, 1.165) is 5.69 Å². The smallest absolute Gasteiger partial charge is 0.266 e. The maximum absolute atomic E-state index is 13.0. The Kier molecular flexibility index (Phi) is 3.33. The van der Waals surface area contributed by atoms with E-state index in [-0.39, 0.29) is 10.5 Å². The Hall–Kier alpha value is -2.77. The molecule has 0 aliphatic rings. The summed E-state index contributed by atoms with van der Waals surface area (Å²) in [6, 6.07) is 14.1. The molecular weight excluding hydrogens is 326 g/mol. The van der Waals surface area contributed by atoms with Crippen molar-refractivity contribution >= 4 is 32.9 Å². The number of hydrogen-bond donors (Lipinski definition) is 1. The average molecular weight is 339 g/mol. The fraction of sp³-hybridized carbons (Fsp3) is 0.0588. The SMILES string of the molecule is Cn1cc2c(=O)n(-c3ccccc3)c3ccc(S(=O)O)cc3c2n1. The molecule has 120 valence electrons. The summed E-state index contributed by atoms with van der Waals surface area (Å²) in [4.78, 5) is 13.2. The highest BCUT2D eigenvalue weighted by molar-refractivity contribution is 7.79. The van der Waals surface area contributed by atoms with Crippen LogP contribution < -0.4 is 5.56 Å². The Bertz CT molecular complexity index is 1160. The predicted molar refractivity (Wildman–Crippen MR) is 92.9 cm³/mol. The van der Waals surface area contributed by atoms with E-state index >= 15 is 0 Å². The van der Waals surface area contributed by atoms with Crippen LogP contribution in [0.4, 0.5) is 0 Å². The molecule has 1 unspecified atom stereocenters. The third-order valence-electron chi connectivity index (χ3n) is 3.94. The Balaban J connectivity index is 2.24. The summed E-state index contributed by atoms with van der Waals surface area (Å²) >= 11 is -2.10. The summed E-state index contributed by atoms with van der Waals surface area (Å²) < 4.78 is 24.0. The van der Waals surface area contributed by atoms with Gasteiger partial charge in [-0.2, -0.15) is 5.10 Å². The third-order valence-corrected chi connectivity index (χ3v) is 4.60. The number of aromatic nitrogens is 3. The van der Waals surface area contributed by atoms with E-state index in [1.165, 1.54) is 0 Å². The topological polar surface area (TPSA) is 77.1 Å². The van der Waals surface area contributed by atoms with Crippen molar-refractivity contribution in [2.45, 2.75) is 4.90 Å². The van der Waals surface area contributed by atoms with Gasteiger partial charge in [-0.25, -0.2) is 4.21 Å². The molecule has 2 heterocycles. The lowest BCUT2D eigenvalue weighted by molar-refractivity contribution is 0.564. The highest BCUT2D eigenvalue weighted by Crippen LogP contribution is 2.25. The van der Waals surface area contributed by atoms with Crippen LogP contribution in [0.1, 0.15) is 0 Å². The summed E-state index contributed by atoms with van der Waals surface area (Å²) in [6.45, 7) is 0. The van der Waals surface area contributed by atoms with Gasteiger partial charge in [-0.3, -0.25) is 14.0 Å². The van der Waals surface area contributed by atoms with Gasteiger partial charge < -0.3 is 4.55 Å². The quantitative estimate of drug-likeness (QED) is 0.569. The molecule has 4 rings (SSSR count). The van der Waals surface area contributed by atoms with Gasteiger partial charge in [0.2, 0.25) is 0 Å². The third kappa shape index (κ3) is 2.17. The molecule has 0 fully saturated rings. The molecule has 0 spiro atoms. The molecule has 1 N–H and O–H groups in total. The number of benzene rings is 2. The van der Waals surface area contributed by atoms with Gasteiger partial charge in [0, 0.05) is 24.3 Å². The van der Waals surface area contributed by atoms with Gasteiger partial charge in [0.15, 0.2) is 11.1 Å². The van der Waals surface area contributed by atoms with E-state index in [1.807, 2.05) is 30.3 Å². The molecule has 0 aliphatic heterocycles. The molecule has 0 radical (unpaired) electrons. The summed E-state index contributed by atoms with van der Waals surface area (Å²) in [7, 11) is 1.74. The first kappa shape index (κ1) is 14.8. The average Bonchev–Trinajstić information content (AvgIpc) is 2.98. The van der Waals surface area contributed by atoms with Crippen molar-refractivity contribution in [2.24, 2.45) is 7.05 Å². The highest BCUT2D eigenvalue weighted by atomic mass is 32.2. The Morgan fingerprint density at radius 1 is 1.08 bits per heavy atom. The summed E-state index contributed by atoms with van der Waals surface area (Å²) in [6.07, 6.45) is 1.67. The lowest BCUT2D eigenvalue weighted by Crippen LogP contribution is -2.18. The Morgan fingerprint density at radius 2 is 1.83 bits per heavy atom. The molecule has 7 heteroatoms. The van der Waals surface area contributed by atoms with Crippen LogP contribution in [0.25, 0.3) is 27.5 Å². The van der Waals surface area contributed by atoms with Gasteiger partial charge in [-0.05, 0) is 30.3 Å².